The van der Waals surface area contributed by atoms with Crippen LogP contribution in [0.3, 0.4) is 0 Å². The Balaban J connectivity index is 1.45. The van der Waals surface area contributed by atoms with E-state index < -0.39 is 10.0 Å². The van der Waals surface area contributed by atoms with E-state index >= 15 is 0 Å². The molecule has 5 rings (SSSR count). The molecule has 1 fully saturated rings. The van der Waals surface area contributed by atoms with Gasteiger partial charge in [-0.05, 0) is 61.9 Å². The van der Waals surface area contributed by atoms with Crippen molar-refractivity contribution in [3.63, 3.8) is 0 Å². The highest BCUT2D eigenvalue weighted by molar-refractivity contribution is 7.92. The van der Waals surface area contributed by atoms with Gasteiger partial charge in [-0.2, -0.15) is 10.2 Å². The molecule has 0 atom stereocenters. The molecule has 9 nitrogen and oxygen atoms in total. The number of rotatable bonds is 4. The lowest BCUT2D eigenvalue weighted by molar-refractivity contribution is 0.312. The number of nitrogen functional groups attached to an aromatic ring is 1. The Kier molecular flexibility index (Phi) is 5.59. The van der Waals surface area contributed by atoms with Crippen molar-refractivity contribution in [2.75, 3.05) is 48.6 Å². The normalized spacial score (nSPS) is 15.8. The van der Waals surface area contributed by atoms with Crippen LogP contribution in [0.4, 0.5) is 17.5 Å². The highest BCUT2D eigenvalue weighted by Crippen LogP contribution is 2.38. The van der Waals surface area contributed by atoms with E-state index in [4.69, 9.17) is 11.0 Å². The highest BCUT2D eigenvalue weighted by atomic mass is 32.2. The minimum Gasteiger partial charge on any atom is -0.368 e. The lowest BCUT2D eigenvalue weighted by atomic mass is 9.88. The van der Waals surface area contributed by atoms with Gasteiger partial charge in [0.05, 0.1) is 22.2 Å². The third-order valence-electron chi connectivity index (χ3n) is 6.36. The molecule has 0 radical (unpaired) electrons. The summed E-state index contributed by atoms with van der Waals surface area (Å²) in [5.41, 5.74) is 10.9. The monoisotopic (exact) mass is 475 g/mol. The number of fused-ring (bicyclic) bond motifs is 3. The van der Waals surface area contributed by atoms with Crippen molar-refractivity contribution >= 4 is 27.5 Å². The second-order valence-corrected chi connectivity index (χ2v) is 10.3. The minimum absolute atomic E-state index is 0.104. The molecule has 0 amide bonds. The summed E-state index contributed by atoms with van der Waals surface area (Å²) in [5.74, 6) is 1.15. The van der Waals surface area contributed by atoms with Crippen LogP contribution in [-0.2, 0) is 22.9 Å². The molecule has 0 unspecified atom stereocenters. The number of hydrogen-bond acceptors (Lipinski definition) is 8. The molecule has 3 aromatic rings. The fourth-order valence-electron chi connectivity index (χ4n) is 4.50. The van der Waals surface area contributed by atoms with Crippen LogP contribution in [0.2, 0.25) is 0 Å². The zero-order valence-electron chi connectivity index (χ0n) is 18.8. The molecular formula is C24H25N7O2S. The van der Waals surface area contributed by atoms with Gasteiger partial charge in [-0.15, -0.1) is 0 Å². The van der Waals surface area contributed by atoms with Crippen molar-refractivity contribution in [1.29, 1.82) is 5.26 Å². The fourth-order valence-corrected chi connectivity index (χ4v) is 5.55. The first-order chi connectivity index (χ1) is 16.3. The molecule has 10 heteroatoms. The molecule has 1 aliphatic heterocycles. The van der Waals surface area contributed by atoms with Crippen LogP contribution in [-0.4, -0.2) is 56.5 Å². The van der Waals surface area contributed by atoms with E-state index in [0.29, 0.717) is 11.3 Å². The van der Waals surface area contributed by atoms with E-state index in [1.165, 1.54) is 24.3 Å². The van der Waals surface area contributed by atoms with Crippen LogP contribution >= 0.6 is 0 Å². The van der Waals surface area contributed by atoms with E-state index in [9.17, 15) is 8.42 Å². The van der Waals surface area contributed by atoms with Crippen molar-refractivity contribution < 1.29 is 8.42 Å². The molecule has 3 N–H and O–H groups in total. The van der Waals surface area contributed by atoms with Gasteiger partial charge in [0, 0.05) is 43.0 Å². The van der Waals surface area contributed by atoms with Crippen LogP contribution in [0.25, 0.3) is 11.3 Å². The van der Waals surface area contributed by atoms with Crippen LogP contribution in [0, 0.1) is 11.3 Å². The van der Waals surface area contributed by atoms with Gasteiger partial charge >= 0.3 is 0 Å². The summed E-state index contributed by atoms with van der Waals surface area (Å²) in [6.07, 6.45) is 1.51. The number of aromatic nitrogens is 2. The van der Waals surface area contributed by atoms with Crippen LogP contribution in [0.15, 0.2) is 47.4 Å². The van der Waals surface area contributed by atoms with Gasteiger partial charge in [0.15, 0.2) is 0 Å². The van der Waals surface area contributed by atoms with Gasteiger partial charge in [-0.25, -0.2) is 13.4 Å². The van der Waals surface area contributed by atoms with Gasteiger partial charge in [-0.1, -0.05) is 6.07 Å². The predicted molar refractivity (Wildman–Crippen MR) is 131 cm³/mol. The van der Waals surface area contributed by atoms with Crippen molar-refractivity contribution in [1.82, 2.24) is 14.9 Å². The number of nitrogens with two attached hydrogens (primary N) is 1. The molecule has 0 saturated carbocycles. The Morgan fingerprint density at radius 2 is 1.76 bits per heavy atom. The maximum Gasteiger partial charge on any atom is 0.261 e. The molecule has 0 bridgehead atoms. The van der Waals surface area contributed by atoms with Crippen LogP contribution < -0.4 is 15.4 Å². The SMILES string of the molecule is CN1CCN(c2nc(N)nc3c2CCc2cc(NS(=O)(=O)c4ccc(C#N)cc4)ccc2-3)CC1. The zero-order valence-corrected chi connectivity index (χ0v) is 19.6. The van der Waals surface area contributed by atoms with Crippen molar-refractivity contribution in [3.05, 3.63) is 59.2 Å². The first-order valence-corrected chi connectivity index (χ1v) is 12.6. The van der Waals surface area contributed by atoms with Gasteiger partial charge < -0.3 is 15.5 Å². The number of anilines is 3. The summed E-state index contributed by atoms with van der Waals surface area (Å²) in [7, 11) is -1.66. The minimum atomic E-state index is -3.77. The standard InChI is InChI=1S/C24H25N7O2S/c1-30-10-12-31(13-11-30)23-21-8-4-17-14-18(5-9-20(17)22(21)27-24(26)28-23)29-34(32,33)19-6-2-16(15-25)3-7-19/h2-3,5-7,9,14,29H,4,8,10-13H2,1H3,(H2,26,27,28). The van der Waals surface area contributed by atoms with E-state index in [-0.39, 0.29) is 10.8 Å². The average Bonchev–Trinajstić information content (AvgIpc) is 2.83. The summed E-state index contributed by atoms with van der Waals surface area (Å²) in [5, 5.41) is 8.93. The number of nitriles is 1. The van der Waals surface area contributed by atoms with Crippen molar-refractivity contribution in [3.8, 4) is 17.3 Å². The Labute approximate surface area is 198 Å². The molecule has 34 heavy (non-hydrogen) atoms. The van der Waals surface area contributed by atoms with Gasteiger partial charge in [0.2, 0.25) is 5.95 Å². The maximum absolute atomic E-state index is 12.8. The lowest BCUT2D eigenvalue weighted by Gasteiger charge is -2.35. The molecule has 174 valence electrons. The van der Waals surface area contributed by atoms with Gasteiger partial charge in [0.25, 0.3) is 10.0 Å². The summed E-state index contributed by atoms with van der Waals surface area (Å²) < 4.78 is 28.3. The van der Waals surface area contributed by atoms with Gasteiger partial charge in [-0.3, -0.25) is 4.72 Å². The molecule has 1 saturated heterocycles. The highest BCUT2D eigenvalue weighted by Gasteiger charge is 2.27. The number of likely N-dealkylation sites (N-methyl/N-ethyl adjacent to an activating group) is 1. The summed E-state index contributed by atoms with van der Waals surface area (Å²) >= 11 is 0. The summed E-state index contributed by atoms with van der Waals surface area (Å²) in [4.78, 5) is 13.8. The molecule has 2 heterocycles. The molecule has 1 aromatic heterocycles. The second kappa shape index (κ2) is 8.59. The van der Waals surface area contributed by atoms with Crippen LogP contribution in [0.5, 0.6) is 0 Å². The van der Waals surface area contributed by atoms with Crippen LogP contribution in [0.1, 0.15) is 16.7 Å². The van der Waals surface area contributed by atoms with E-state index in [1.54, 1.807) is 6.07 Å². The third kappa shape index (κ3) is 4.16. The number of aryl methyl sites for hydroxylation is 1. The van der Waals surface area contributed by atoms with Gasteiger partial charge in [0.1, 0.15) is 5.82 Å². The third-order valence-corrected chi connectivity index (χ3v) is 7.75. The maximum atomic E-state index is 12.8. The Morgan fingerprint density at radius 3 is 2.47 bits per heavy atom. The number of nitrogens with one attached hydrogen (secondary N) is 1. The zero-order chi connectivity index (χ0) is 23.9. The fraction of sp³-hybridized carbons (Fsp3) is 0.292. The van der Waals surface area contributed by atoms with E-state index in [0.717, 1.165) is 67.2 Å². The largest absolute Gasteiger partial charge is 0.368 e. The molecule has 2 aliphatic rings. The number of nitrogens with zero attached hydrogens (tertiary/aromatic N) is 5. The van der Waals surface area contributed by atoms with E-state index in [1.807, 2.05) is 18.2 Å². The lowest BCUT2D eigenvalue weighted by Crippen LogP contribution is -2.45. The Bertz CT molecular complexity index is 1390. The van der Waals surface area contributed by atoms with E-state index in [2.05, 4.69) is 31.5 Å². The number of sulfonamides is 1. The summed E-state index contributed by atoms with van der Waals surface area (Å²) in [6, 6.07) is 13.3. The molecule has 2 aromatic carbocycles. The molecule has 0 spiro atoms. The van der Waals surface area contributed by atoms with Crippen molar-refractivity contribution in [2.24, 2.45) is 0 Å². The topological polar surface area (TPSA) is 128 Å². The number of piperazine rings is 1. The quantitative estimate of drug-likeness (QED) is 0.588. The molecule has 1 aliphatic carbocycles. The molecular weight excluding hydrogens is 450 g/mol. The first-order valence-electron chi connectivity index (χ1n) is 11.1. The number of hydrogen-bond donors (Lipinski definition) is 2. The second-order valence-electron chi connectivity index (χ2n) is 8.64. The Hall–Kier alpha value is -3.68. The van der Waals surface area contributed by atoms with Crippen molar-refractivity contribution in [2.45, 2.75) is 17.7 Å². The average molecular weight is 476 g/mol. The predicted octanol–water partition coefficient (Wildman–Crippen LogP) is 2.25. The first kappa shape index (κ1) is 22.1. The Morgan fingerprint density at radius 1 is 1.03 bits per heavy atom. The summed E-state index contributed by atoms with van der Waals surface area (Å²) in [6.45, 7) is 3.72. The number of benzene rings is 2. The smallest absolute Gasteiger partial charge is 0.261 e.